The van der Waals surface area contributed by atoms with Crippen molar-refractivity contribution in [3.63, 3.8) is 0 Å². The van der Waals surface area contributed by atoms with Crippen molar-refractivity contribution >= 4 is 11.8 Å². The third kappa shape index (κ3) is 5.55. The highest BCUT2D eigenvalue weighted by Gasteiger charge is 2.10. The second-order valence-electron chi connectivity index (χ2n) is 4.42. The first-order chi connectivity index (χ1) is 9.02. The number of hydrogen-bond acceptors (Lipinski definition) is 4. The summed E-state index contributed by atoms with van der Waals surface area (Å²) >= 11 is 0. The normalized spacial score (nSPS) is 10.3. The van der Waals surface area contributed by atoms with Crippen LogP contribution in [-0.4, -0.2) is 24.5 Å². The van der Waals surface area contributed by atoms with Gasteiger partial charge in [-0.3, -0.25) is 9.59 Å². The highest BCUT2D eigenvalue weighted by Crippen LogP contribution is 2.15. The van der Waals surface area contributed by atoms with Gasteiger partial charge < -0.3 is 9.47 Å². The maximum Gasteiger partial charge on any atom is 0.306 e. The highest BCUT2D eigenvalue weighted by atomic mass is 16.5. The summed E-state index contributed by atoms with van der Waals surface area (Å²) in [7, 11) is 0. The number of benzene rings is 1. The predicted octanol–water partition coefficient (Wildman–Crippen LogP) is 3.00. The second kappa shape index (κ2) is 7.56. The van der Waals surface area contributed by atoms with Crippen molar-refractivity contribution in [3.8, 4) is 5.75 Å². The minimum atomic E-state index is -0.337. The average Bonchev–Trinajstić information content (AvgIpc) is 2.36. The molecule has 0 amide bonds. The molecular weight excluding hydrogens is 244 g/mol. The number of esters is 1. The molecule has 1 aromatic carbocycles. The van der Waals surface area contributed by atoms with E-state index in [1.165, 1.54) is 0 Å². The summed E-state index contributed by atoms with van der Waals surface area (Å²) in [4.78, 5) is 23.0. The molecule has 0 spiro atoms. The number of ketones is 1. The van der Waals surface area contributed by atoms with Crippen LogP contribution in [0.15, 0.2) is 24.3 Å². The van der Waals surface area contributed by atoms with Crippen molar-refractivity contribution in [3.05, 3.63) is 29.8 Å². The van der Waals surface area contributed by atoms with Crippen LogP contribution in [0.1, 0.15) is 44.0 Å². The fraction of sp³-hybridized carbons (Fsp3) is 0.467. The van der Waals surface area contributed by atoms with Gasteiger partial charge in [0.2, 0.25) is 0 Å². The van der Waals surface area contributed by atoms with Gasteiger partial charge in [0.05, 0.1) is 19.1 Å². The third-order valence-corrected chi connectivity index (χ3v) is 2.41. The maximum absolute atomic E-state index is 11.8. The average molecular weight is 264 g/mol. The molecule has 1 rings (SSSR count). The zero-order valence-corrected chi connectivity index (χ0v) is 11.6. The summed E-state index contributed by atoms with van der Waals surface area (Å²) in [5, 5.41) is 0. The Bertz CT molecular complexity index is 420. The van der Waals surface area contributed by atoms with Crippen LogP contribution in [-0.2, 0) is 9.53 Å². The van der Waals surface area contributed by atoms with Gasteiger partial charge in [-0.25, -0.2) is 0 Å². The van der Waals surface area contributed by atoms with Gasteiger partial charge in [-0.1, -0.05) is 0 Å². The molecule has 0 bridgehead atoms. The Morgan fingerprint density at radius 3 is 2.26 bits per heavy atom. The Morgan fingerprint density at radius 2 is 1.74 bits per heavy atom. The molecule has 0 radical (unpaired) electrons. The number of carbonyl (C=O) groups excluding carboxylic acids is 2. The molecule has 0 aliphatic heterocycles. The van der Waals surface area contributed by atoms with Gasteiger partial charge in [0, 0.05) is 12.0 Å². The molecule has 104 valence electrons. The van der Waals surface area contributed by atoms with Crippen molar-refractivity contribution in [2.24, 2.45) is 0 Å². The summed E-state index contributed by atoms with van der Waals surface area (Å²) in [6.45, 7) is 5.97. The molecule has 0 fully saturated rings. The maximum atomic E-state index is 11.8. The monoisotopic (exact) mass is 264 g/mol. The standard InChI is InChI=1S/C15H20O4/c1-4-18-15(17)10-9-14(16)12-5-7-13(8-6-12)19-11(2)3/h5-8,11H,4,9-10H2,1-3H3. The smallest absolute Gasteiger partial charge is 0.306 e. The molecule has 0 saturated carbocycles. The minimum absolute atomic E-state index is 0.0656. The first kappa shape index (κ1) is 15.2. The molecule has 0 saturated heterocycles. The van der Waals surface area contributed by atoms with Crippen LogP contribution in [0.4, 0.5) is 0 Å². The van der Waals surface area contributed by atoms with E-state index >= 15 is 0 Å². The molecule has 4 nitrogen and oxygen atoms in total. The Labute approximate surface area is 113 Å². The molecule has 0 N–H and O–H groups in total. The van der Waals surface area contributed by atoms with Gasteiger partial charge in [0.1, 0.15) is 5.75 Å². The van der Waals surface area contributed by atoms with Crippen molar-refractivity contribution < 1.29 is 19.1 Å². The van der Waals surface area contributed by atoms with E-state index in [2.05, 4.69) is 0 Å². The van der Waals surface area contributed by atoms with Crippen LogP contribution >= 0.6 is 0 Å². The van der Waals surface area contributed by atoms with Crippen molar-refractivity contribution in [1.82, 2.24) is 0 Å². The Balaban J connectivity index is 2.51. The molecule has 1 aromatic rings. The topological polar surface area (TPSA) is 52.6 Å². The van der Waals surface area contributed by atoms with Crippen LogP contribution in [0.2, 0.25) is 0 Å². The Morgan fingerprint density at radius 1 is 1.11 bits per heavy atom. The van der Waals surface area contributed by atoms with E-state index in [9.17, 15) is 9.59 Å². The third-order valence-electron chi connectivity index (χ3n) is 2.41. The van der Waals surface area contributed by atoms with Gasteiger partial charge in [0.25, 0.3) is 0 Å². The van der Waals surface area contributed by atoms with Gasteiger partial charge in [0.15, 0.2) is 5.78 Å². The first-order valence-corrected chi connectivity index (χ1v) is 6.48. The second-order valence-corrected chi connectivity index (χ2v) is 4.42. The lowest BCUT2D eigenvalue weighted by Gasteiger charge is -2.09. The van der Waals surface area contributed by atoms with Crippen molar-refractivity contribution in [1.29, 1.82) is 0 Å². The number of Topliss-reactive ketones (excluding diaryl/α,β-unsaturated/α-hetero) is 1. The lowest BCUT2D eigenvalue weighted by atomic mass is 10.1. The molecule has 0 aliphatic rings. The largest absolute Gasteiger partial charge is 0.491 e. The van der Waals surface area contributed by atoms with Gasteiger partial charge >= 0.3 is 5.97 Å². The first-order valence-electron chi connectivity index (χ1n) is 6.48. The van der Waals surface area contributed by atoms with Gasteiger partial charge in [-0.15, -0.1) is 0 Å². The van der Waals surface area contributed by atoms with Gasteiger partial charge in [-0.05, 0) is 45.0 Å². The summed E-state index contributed by atoms with van der Waals surface area (Å²) in [6, 6.07) is 6.95. The number of ether oxygens (including phenoxy) is 2. The highest BCUT2D eigenvalue weighted by molar-refractivity contribution is 5.97. The van der Waals surface area contributed by atoms with Crippen LogP contribution in [0.5, 0.6) is 5.75 Å². The van der Waals surface area contributed by atoms with E-state index in [0.29, 0.717) is 12.2 Å². The Hall–Kier alpha value is -1.84. The molecule has 19 heavy (non-hydrogen) atoms. The van der Waals surface area contributed by atoms with E-state index in [1.54, 1.807) is 31.2 Å². The zero-order chi connectivity index (χ0) is 14.3. The minimum Gasteiger partial charge on any atom is -0.491 e. The molecule has 0 heterocycles. The summed E-state index contributed by atoms with van der Waals surface area (Å²) in [5.74, 6) is 0.330. The lowest BCUT2D eigenvalue weighted by molar-refractivity contribution is -0.143. The zero-order valence-electron chi connectivity index (χ0n) is 11.6. The molecule has 4 heteroatoms. The van der Waals surface area contributed by atoms with Crippen LogP contribution < -0.4 is 4.74 Å². The molecular formula is C15H20O4. The fourth-order valence-electron chi connectivity index (χ4n) is 1.58. The van der Waals surface area contributed by atoms with Crippen molar-refractivity contribution in [2.75, 3.05) is 6.61 Å². The van der Waals surface area contributed by atoms with E-state index in [-0.39, 0.29) is 30.7 Å². The Kier molecular flexibility index (Phi) is 6.06. The SMILES string of the molecule is CCOC(=O)CCC(=O)c1ccc(OC(C)C)cc1. The van der Waals surface area contributed by atoms with Crippen LogP contribution in [0.3, 0.4) is 0 Å². The number of rotatable bonds is 7. The summed E-state index contributed by atoms with van der Waals surface area (Å²) in [6.07, 6.45) is 0.394. The van der Waals surface area contributed by atoms with E-state index in [1.807, 2.05) is 13.8 Å². The van der Waals surface area contributed by atoms with Crippen LogP contribution in [0.25, 0.3) is 0 Å². The summed E-state index contributed by atoms with van der Waals surface area (Å²) in [5.41, 5.74) is 0.584. The molecule has 0 unspecified atom stereocenters. The van der Waals surface area contributed by atoms with Crippen LogP contribution in [0, 0.1) is 0 Å². The van der Waals surface area contributed by atoms with E-state index in [4.69, 9.17) is 9.47 Å². The quantitative estimate of drug-likeness (QED) is 0.561. The van der Waals surface area contributed by atoms with Gasteiger partial charge in [-0.2, -0.15) is 0 Å². The molecule has 0 aromatic heterocycles. The van der Waals surface area contributed by atoms with Crippen molar-refractivity contribution in [2.45, 2.75) is 39.7 Å². The van der Waals surface area contributed by atoms with E-state index in [0.717, 1.165) is 5.75 Å². The summed E-state index contributed by atoms with van der Waals surface area (Å²) < 4.78 is 10.3. The predicted molar refractivity (Wildman–Crippen MR) is 72.4 cm³/mol. The van der Waals surface area contributed by atoms with E-state index < -0.39 is 0 Å². The number of carbonyl (C=O) groups is 2. The lowest BCUT2D eigenvalue weighted by Crippen LogP contribution is -2.08. The molecule has 0 atom stereocenters. The fourth-order valence-corrected chi connectivity index (χ4v) is 1.58. The molecule has 0 aliphatic carbocycles. The number of hydrogen-bond donors (Lipinski definition) is 0.